The van der Waals surface area contributed by atoms with Crippen molar-refractivity contribution in [2.75, 3.05) is 30.0 Å². The van der Waals surface area contributed by atoms with Gasteiger partial charge in [0.05, 0.1) is 23.3 Å². The van der Waals surface area contributed by atoms with Crippen LogP contribution in [0.2, 0.25) is 0 Å². The van der Waals surface area contributed by atoms with Gasteiger partial charge in [-0.3, -0.25) is 4.79 Å². The fourth-order valence-electron chi connectivity index (χ4n) is 1.76. The number of benzene rings is 1. The highest BCUT2D eigenvalue weighted by Gasteiger charge is 2.09. The number of anilines is 3. The first-order valence-corrected chi connectivity index (χ1v) is 6.76. The van der Waals surface area contributed by atoms with E-state index >= 15 is 0 Å². The minimum Gasteiger partial charge on any atom is -0.397 e. The topological polar surface area (TPSA) is 71.2 Å². The number of carbonyl (C=O) groups is 1. The number of halogens is 1. The van der Waals surface area contributed by atoms with Gasteiger partial charge in [0, 0.05) is 19.7 Å². The lowest BCUT2D eigenvalue weighted by atomic mass is 10.1. The number of nitrogen functional groups attached to an aromatic ring is 1. The second-order valence-corrected chi connectivity index (χ2v) is 5.30. The zero-order valence-corrected chi connectivity index (χ0v) is 12.8. The van der Waals surface area contributed by atoms with Gasteiger partial charge in [0.25, 0.3) is 5.91 Å². The number of nitrogens with one attached hydrogen (secondary N) is 1. The molecule has 0 bridgehead atoms. The molecule has 2 rings (SSSR count). The van der Waals surface area contributed by atoms with Crippen molar-refractivity contribution in [2.24, 2.45) is 0 Å². The van der Waals surface area contributed by atoms with Crippen LogP contribution in [-0.4, -0.2) is 25.0 Å². The van der Waals surface area contributed by atoms with E-state index in [1.807, 2.05) is 25.1 Å². The summed E-state index contributed by atoms with van der Waals surface area (Å²) in [6.07, 6.45) is 1.58. The molecule has 0 aliphatic heterocycles. The number of carbonyl (C=O) groups excluding carboxylic acids is 1. The lowest BCUT2D eigenvalue weighted by molar-refractivity contribution is 0.102. The highest BCUT2D eigenvalue weighted by atomic mass is 79.9. The van der Waals surface area contributed by atoms with E-state index in [9.17, 15) is 4.79 Å². The van der Waals surface area contributed by atoms with Crippen molar-refractivity contribution in [1.82, 2.24) is 4.98 Å². The summed E-state index contributed by atoms with van der Waals surface area (Å²) in [5.41, 5.74) is 8.52. The normalized spacial score (nSPS) is 10.2. The van der Waals surface area contributed by atoms with Gasteiger partial charge in [0.1, 0.15) is 4.60 Å². The summed E-state index contributed by atoms with van der Waals surface area (Å²) < 4.78 is 0.718. The van der Waals surface area contributed by atoms with Gasteiger partial charge in [-0.1, -0.05) is 0 Å². The molecule has 0 spiro atoms. The molecule has 1 amide bonds. The summed E-state index contributed by atoms with van der Waals surface area (Å²) in [7, 11) is 3.80. The van der Waals surface area contributed by atoms with Crippen LogP contribution in [0.3, 0.4) is 0 Å². The van der Waals surface area contributed by atoms with Gasteiger partial charge >= 0.3 is 0 Å². The van der Waals surface area contributed by atoms with Gasteiger partial charge in [0.15, 0.2) is 0 Å². The van der Waals surface area contributed by atoms with E-state index in [1.165, 1.54) is 0 Å². The Kier molecular flexibility index (Phi) is 4.24. The standard InChI is InChI=1S/C14H15BrN4O/c1-19(2)12-5-3-9(7-11(12)16)14(20)18-10-4-6-13(15)17-8-10/h3-8H,16H2,1-2H3,(H,18,20). The van der Waals surface area contributed by atoms with Gasteiger partial charge in [-0.2, -0.15) is 0 Å². The number of aromatic nitrogens is 1. The van der Waals surface area contributed by atoms with Crippen LogP contribution in [-0.2, 0) is 0 Å². The van der Waals surface area contributed by atoms with E-state index in [4.69, 9.17) is 5.73 Å². The Bertz CT molecular complexity index is 626. The van der Waals surface area contributed by atoms with Crippen LogP contribution in [0.15, 0.2) is 41.1 Å². The molecule has 3 N–H and O–H groups in total. The minimum atomic E-state index is -0.217. The quantitative estimate of drug-likeness (QED) is 0.668. The lowest BCUT2D eigenvalue weighted by Gasteiger charge is -2.15. The molecule has 0 fully saturated rings. The van der Waals surface area contributed by atoms with E-state index in [2.05, 4.69) is 26.2 Å². The summed E-state index contributed by atoms with van der Waals surface area (Å²) in [6.45, 7) is 0. The van der Waals surface area contributed by atoms with Crippen LogP contribution < -0.4 is 16.0 Å². The predicted molar refractivity (Wildman–Crippen MR) is 85.1 cm³/mol. The van der Waals surface area contributed by atoms with Crippen molar-refractivity contribution in [2.45, 2.75) is 0 Å². The molecule has 1 aromatic carbocycles. The fraction of sp³-hybridized carbons (Fsp3) is 0.143. The van der Waals surface area contributed by atoms with Crippen molar-refractivity contribution in [3.63, 3.8) is 0 Å². The van der Waals surface area contributed by atoms with Crippen molar-refractivity contribution >= 4 is 38.9 Å². The Morgan fingerprint density at radius 3 is 2.60 bits per heavy atom. The van der Waals surface area contributed by atoms with Crippen molar-refractivity contribution in [3.05, 3.63) is 46.7 Å². The minimum absolute atomic E-state index is 0.217. The summed E-state index contributed by atoms with van der Waals surface area (Å²) in [4.78, 5) is 18.1. The van der Waals surface area contributed by atoms with Crippen molar-refractivity contribution < 1.29 is 4.79 Å². The molecule has 0 unspecified atom stereocenters. The molecule has 104 valence electrons. The maximum atomic E-state index is 12.1. The number of hydrogen-bond acceptors (Lipinski definition) is 4. The van der Waals surface area contributed by atoms with Gasteiger partial charge in [-0.25, -0.2) is 4.98 Å². The highest BCUT2D eigenvalue weighted by molar-refractivity contribution is 9.10. The second kappa shape index (κ2) is 5.92. The van der Waals surface area contributed by atoms with Crippen LogP contribution in [0.4, 0.5) is 17.1 Å². The molecule has 0 aliphatic rings. The first-order chi connectivity index (χ1) is 9.47. The molecule has 0 radical (unpaired) electrons. The number of hydrogen-bond donors (Lipinski definition) is 2. The van der Waals surface area contributed by atoms with Crippen molar-refractivity contribution in [3.8, 4) is 0 Å². The molecule has 5 nitrogen and oxygen atoms in total. The summed E-state index contributed by atoms with van der Waals surface area (Å²) in [5, 5.41) is 2.77. The highest BCUT2D eigenvalue weighted by Crippen LogP contribution is 2.23. The average Bonchev–Trinajstić information content (AvgIpc) is 2.40. The largest absolute Gasteiger partial charge is 0.397 e. The summed E-state index contributed by atoms with van der Waals surface area (Å²) >= 11 is 3.24. The van der Waals surface area contributed by atoms with Gasteiger partial charge in [0.2, 0.25) is 0 Å². The Morgan fingerprint density at radius 1 is 1.30 bits per heavy atom. The molecule has 0 aliphatic carbocycles. The van der Waals surface area contributed by atoms with Crippen LogP contribution in [0.25, 0.3) is 0 Å². The van der Waals surface area contributed by atoms with Crippen LogP contribution in [0.1, 0.15) is 10.4 Å². The van der Waals surface area contributed by atoms with Crippen LogP contribution in [0, 0.1) is 0 Å². The van der Waals surface area contributed by atoms with Crippen LogP contribution >= 0.6 is 15.9 Å². The van der Waals surface area contributed by atoms with E-state index in [0.29, 0.717) is 16.9 Å². The maximum absolute atomic E-state index is 12.1. The third-order valence-electron chi connectivity index (χ3n) is 2.76. The van der Waals surface area contributed by atoms with E-state index in [1.54, 1.807) is 30.5 Å². The number of pyridine rings is 1. The third kappa shape index (κ3) is 3.27. The predicted octanol–water partition coefficient (Wildman–Crippen LogP) is 2.74. The molecule has 1 heterocycles. The fourth-order valence-corrected chi connectivity index (χ4v) is 1.99. The molecular weight excluding hydrogens is 320 g/mol. The zero-order valence-electron chi connectivity index (χ0n) is 11.2. The Labute approximate surface area is 125 Å². The summed E-state index contributed by atoms with van der Waals surface area (Å²) in [5.74, 6) is -0.217. The van der Waals surface area contributed by atoms with Crippen molar-refractivity contribution in [1.29, 1.82) is 0 Å². The lowest BCUT2D eigenvalue weighted by Crippen LogP contribution is -2.15. The molecule has 0 saturated heterocycles. The molecule has 1 aromatic heterocycles. The molecule has 20 heavy (non-hydrogen) atoms. The first-order valence-electron chi connectivity index (χ1n) is 5.97. The van der Waals surface area contributed by atoms with Gasteiger partial charge in [-0.05, 0) is 46.3 Å². The van der Waals surface area contributed by atoms with Gasteiger partial charge in [-0.15, -0.1) is 0 Å². The maximum Gasteiger partial charge on any atom is 0.255 e. The number of rotatable bonds is 3. The second-order valence-electron chi connectivity index (χ2n) is 4.49. The molecule has 6 heteroatoms. The van der Waals surface area contributed by atoms with Crippen LogP contribution in [0.5, 0.6) is 0 Å². The number of amides is 1. The molecule has 0 atom stereocenters. The Morgan fingerprint density at radius 2 is 2.05 bits per heavy atom. The molecular formula is C14H15BrN4O. The van der Waals surface area contributed by atoms with E-state index in [-0.39, 0.29) is 5.91 Å². The van der Waals surface area contributed by atoms with E-state index in [0.717, 1.165) is 10.3 Å². The Balaban J connectivity index is 2.17. The zero-order chi connectivity index (χ0) is 14.7. The average molecular weight is 335 g/mol. The first kappa shape index (κ1) is 14.3. The van der Waals surface area contributed by atoms with E-state index < -0.39 is 0 Å². The SMILES string of the molecule is CN(C)c1ccc(C(=O)Nc2ccc(Br)nc2)cc1N. The Hall–Kier alpha value is -2.08. The monoisotopic (exact) mass is 334 g/mol. The molecule has 2 aromatic rings. The number of nitrogens with zero attached hydrogens (tertiary/aromatic N) is 2. The smallest absolute Gasteiger partial charge is 0.255 e. The third-order valence-corrected chi connectivity index (χ3v) is 3.23. The summed E-state index contributed by atoms with van der Waals surface area (Å²) in [6, 6.07) is 8.76. The van der Waals surface area contributed by atoms with Gasteiger partial charge < -0.3 is 16.0 Å². The number of nitrogens with two attached hydrogens (primary N) is 1. The molecule has 0 saturated carbocycles.